The van der Waals surface area contributed by atoms with E-state index < -0.39 is 5.97 Å². The summed E-state index contributed by atoms with van der Waals surface area (Å²) in [4.78, 5) is 16.3. The molecule has 132 valence electrons. The van der Waals surface area contributed by atoms with Crippen molar-refractivity contribution < 1.29 is 19.4 Å². The Kier molecular flexibility index (Phi) is 5.71. The monoisotopic (exact) mass is 334 g/mol. The molecule has 1 aromatic rings. The van der Waals surface area contributed by atoms with Crippen LogP contribution in [0.4, 0.5) is 5.69 Å². The Labute approximate surface area is 143 Å². The molecule has 0 aliphatic carbocycles. The highest BCUT2D eigenvalue weighted by molar-refractivity contribution is 5.95. The molecule has 3 rings (SSSR count). The molecular weight excluding hydrogens is 308 g/mol. The lowest BCUT2D eigenvalue weighted by atomic mass is 10.1. The van der Waals surface area contributed by atoms with Crippen molar-refractivity contribution in [2.75, 3.05) is 51.5 Å². The zero-order chi connectivity index (χ0) is 16.9. The second-order valence-electron chi connectivity index (χ2n) is 6.49. The molecule has 2 fully saturated rings. The van der Waals surface area contributed by atoms with Gasteiger partial charge in [-0.15, -0.1) is 0 Å². The maximum atomic E-state index is 11.8. The summed E-state index contributed by atoms with van der Waals surface area (Å²) < 4.78 is 10.7. The molecule has 2 saturated heterocycles. The van der Waals surface area contributed by atoms with E-state index in [1.165, 1.54) is 0 Å². The van der Waals surface area contributed by atoms with Crippen molar-refractivity contribution in [1.29, 1.82) is 0 Å². The molecule has 0 bridgehead atoms. The molecule has 2 heterocycles. The van der Waals surface area contributed by atoms with Gasteiger partial charge in [-0.05, 0) is 30.5 Å². The molecule has 1 N–H and O–H groups in total. The van der Waals surface area contributed by atoms with Crippen molar-refractivity contribution in [3.8, 4) is 0 Å². The SMILES string of the molecule is COCC1CCCN1c1ccc(CN2CCOCC2)cc1C(=O)O. The maximum absolute atomic E-state index is 11.8. The van der Waals surface area contributed by atoms with E-state index in [-0.39, 0.29) is 6.04 Å². The molecule has 6 nitrogen and oxygen atoms in total. The molecule has 0 radical (unpaired) electrons. The average Bonchev–Trinajstić information content (AvgIpc) is 3.04. The third kappa shape index (κ3) is 3.88. The van der Waals surface area contributed by atoms with E-state index in [1.807, 2.05) is 12.1 Å². The van der Waals surface area contributed by atoms with E-state index in [9.17, 15) is 9.90 Å². The topological polar surface area (TPSA) is 62.2 Å². The molecule has 2 aliphatic rings. The lowest BCUT2D eigenvalue weighted by Crippen LogP contribution is -2.36. The zero-order valence-corrected chi connectivity index (χ0v) is 14.2. The largest absolute Gasteiger partial charge is 0.478 e. The molecule has 0 spiro atoms. The summed E-state index contributed by atoms with van der Waals surface area (Å²) in [5, 5.41) is 9.68. The smallest absolute Gasteiger partial charge is 0.337 e. The molecular formula is C18H26N2O4. The molecule has 1 unspecified atom stereocenters. The molecule has 0 amide bonds. The standard InChI is InChI=1S/C18H26N2O4/c1-23-13-15-3-2-6-20(15)17-5-4-14(11-16(17)18(21)22)12-19-7-9-24-10-8-19/h4-5,11,15H,2-3,6-10,12-13H2,1H3,(H,21,22). The van der Waals surface area contributed by atoms with Crippen LogP contribution in [0.25, 0.3) is 0 Å². The van der Waals surface area contributed by atoms with E-state index in [1.54, 1.807) is 7.11 Å². The number of hydrogen-bond acceptors (Lipinski definition) is 5. The van der Waals surface area contributed by atoms with Crippen molar-refractivity contribution in [1.82, 2.24) is 4.90 Å². The quantitative estimate of drug-likeness (QED) is 0.856. The van der Waals surface area contributed by atoms with E-state index >= 15 is 0 Å². The Morgan fingerprint density at radius 1 is 1.33 bits per heavy atom. The Morgan fingerprint density at radius 3 is 2.83 bits per heavy atom. The minimum absolute atomic E-state index is 0.262. The lowest BCUT2D eigenvalue weighted by Gasteiger charge is -2.29. The number of ether oxygens (including phenoxy) is 2. The number of aromatic carboxylic acids is 1. The van der Waals surface area contributed by atoms with Crippen molar-refractivity contribution in [3.05, 3.63) is 29.3 Å². The first-order chi connectivity index (χ1) is 11.7. The fourth-order valence-corrected chi connectivity index (χ4v) is 3.64. The molecule has 2 aliphatic heterocycles. The highest BCUT2D eigenvalue weighted by Crippen LogP contribution is 2.30. The molecule has 1 aromatic carbocycles. The van der Waals surface area contributed by atoms with E-state index in [0.29, 0.717) is 12.2 Å². The van der Waals surface area contributed by atoms with Gasteiger partial charge in [0.25, 0.3) is 0 Å². The minimum Gasteiger partial charge on any atom is -0.478 e. The van der Waals surface area contributed by atoms with Crippen LogP contribution in [0.1, 0.15) is 28.8 Å². The first-order valence-electron chi connectivity index (χ1n) is 8.61. The van der Waals surface area contributed by atoms with Gasteiger partial charge in [-0.25, -0.2) is 4.79 Å². The second-order valence-corrected chi connectivity index (χ2v) is 6.49. The number of benzene rings is 1. The van der Waals surface area contributed by atoms with Gasteiger partial charge in [-0.2, -0.15) is 0 Å². The first kappa shape index (κ1) is 17.2. The van der Waals surface area contributed by atoms with E-state index in [2.05, 4.69) is 15.9 Å². The Balaban J connectivity index is 1.80. The summed E-state index contributed by atoms with van der Waals surface area (Å²) in [6.07, 6.45) is 2.12. The van der Waals surface area contributed by atoms with Crippen LogP contribution in [0, 0.1) is 0 Å². The van der Waals surface area contributed by atoms with Crippen molar-refractivity contribution in [2.45, 2.75) is 25.4 Å². The lowest BCUT2D eigenvalue weighted by molar-refractivity contribution is 0.0341. The number of carboxylic acids is 1. The third-order valence-electron chi connectivity index (χ3n) is 4.85. The van der Waals surface area contributed by atoms with Crippen molar-refractivity contribution in [2.24, 2.45) is 0 Å². The van der Waals surface area contributed by atoms with Gasteiger partial charge in [0.2, 0.25) is 0 Å². The molecule has 6 heteroatoms. The number of morpholine rings is 1. The van der Waals surface area contributed by atoms with E-state index in [0.717, 1.165) is 63.5 Å². The normalized spacial score (nSPS) is 22.0. The van der Waals surface area contributed by atoms with E-state index in [4.69, 9.17) is 9.47 Å². The average molecular weight is 334 g/mol. The number of hydrogen-bond donors (Lipinski definition) is 1. The third-order valence-corrected chi connectivity index (χ3v) is 4.85. The Morgan fingerprint density at radius 2 is 2.12 bits per heavy atom. The molecule has 0 aromatic heterocycles. The Bertz CT molecular complexity index is 572. The molecule has 24 heavy (non-hydrogen) atoms. The van der Waals surface area contributed by atoms with Gasteiger partial charge in [0.15, 0.2) is 0 Å². The van der Waals surface area contributed by atoms with Crippen LogP contribution in [0.5, 0.6) is 0 Å². The summed E-state index contributed by atoms with van der Waals surface area (Å²) >= 11 is 0. The maximum Gasteiger partial charge on any atom is 0.337 e. The van der Waals surface area contributed by atoms with Gasteiger partial charge < -0.3 is 19.5 Å². The van der Waals surface area contributed by atoms with Gasteiger partial charge in [-0.1, -0.05) is 6.07 Å². The Hall–Kier alpha value is -1.63. The molecule has 0 saturated carbocycles. The van der Waals surface area contributed by atoms with Crippen molar-refractivity contribution >= 4 is 11.7 Å². The number of methoxy groups -OCH3 is 1. The number of rotatable bonds is 6. The van der Waals surface area contributed by atoms with Crippen LogP contribution < -0.4 is 4.90 Å². The highest BCUT2D eigenvalue weighted by Gasteiger charge is 2.28. The van der Waals surface area contributed by atoms with Crippen LogP contribution in [0.2, 0.25) is 0 Å². The number of anilines is 1. The van der Waals surface area contributed by atoms with Crippen LogP contribution in [-0.2, 0) is 16.0 Å². The molecule has 1 atom stereocenters. The van der Waals surface area contributed by atoms with Gasteiger partial charge in [0, 0.05) is 33.3 Å². The minimum atomic E-state index is -0.864. The van der Waals surface area contributed by atoms with Crippen LogP contribution >= 0.6 is 0 Å². The zero-order valence-electron chi connectivity index (χ0n) is 14.2. The fraction of sp³-hybridized carbons (Fsp3) is 0.611. The van der Waals surface area contributed by atoms with Gasteiger partial charge >= 0.3 is 5.97 Å². The summed E-state index contributed by atoms with van der Waals surface area (Å²) in [6.45, 7) is 5.57. The van der Waals surface area contributed by atoms with Crippen LogP contribution in [0.3, 0.4) is 0 Å². The number of nitrogens with zero attached hydrogens (tertiary/aromatic N) is 2. The van der Waals surface area contributed by atoms with Gasteiger partial charge in [-0.3, -0.25) is 4.90 Å². The predicted octanol–water partition coefficient (Wildman–Crippen LogP) is 1.83. The van der Waals surface area contributed by atoms with Crippen molar-refractivity contribution in [3.63, 3.8) is 0 Å². The summed E-state index contributed by atoms with van der Waals surface area (Å²) in [7, 11) is 1.69. The summed E-state index contributed by atoms with van der Waals surface area (Å²) in [6, 6.07) is 6.11. The van der Waals surface area contributed by atoms with Gasteiger partial charge in [0.1, 0.15) is 0 Å². The summed E-state index contributed by atoms with van der Waals surface area (Å²) in [5.74, 6) is -0.864. The van der Waals surface area contributed by atoms with Crippen LogP contribution in [-0.4, -0.2) is 68.6 Å². The second kappa shape index (κ2) is 7.96. The fourth-order valence-electron chi connectivity index (χ4n) is 3.64. The van der Waals surface area contributed by atoms with Crippen LogP contribution in [0.15, 0.2) is 18.2 Å². The predicted molar refractivity (Wildman–Crippen MR) is 91.7 cm³/mol. The number of carboxylic acid groups (broad SMARTS) is 1. The number of carbonyl (C=O) groups is 1. The summed E-state index contributed by atoms with van der Waals surface area (Å²) in [5.41, 5.74) is 2.25. The first-order valence-corrected chi connectivity index (χ1v) is 8.61. The van der Waals surface area contributed by atoms with Gasteiger partial charge in [0.05, 0.1) is 37.1 Å². The highest BCUT2D eigenvalue weighted by atomic mass is 16.5.